The Morgan fingerprint density at radius 3 is 3.00 bits per heavy atom. The van der Waals surface area contributed by atoms with Gasteiger partial charge in [0.25, 0.3) is 5.91 Å². The summed E-state index contributed by atoms with van der Waals surface area (Å²) in [5.41, 5.74) is 2.47. The predicted octanol–water partition coefficient (Wildman–Crippen LogP) is 2.93. The first kappa shape index (κ1) is 18.4. The normalized spacial score (nSPS) is 19.7. The Balaban J connectivity index is 1.75. The Hall–Kier alpha value is -2.92. The first-order valence-corrected chi connectivity index (χ1v) is 9.71. The molecule has 0 aromatic carbocycles. The number of nitrogens with zero attached hydrogens (tertiary/aromatic N) is 4. The largest absolute Gasteiger partial charge is 0.383 e. The number of carbonyl (C=O) groups excluding carboxylic acids is 1. The Bertz CT molecular complexity index is 1020. The lowest BCUT2D eigenvalue weighted by atomic mass is 9.84. The van der Waals surface area contributed by atoms with Crippen LogP contribution in [0.2, 0.25) is 0 Å². The lowest BCUT2D eigenvalue weighted by molar-refractivity contribution is 0.0918. The molecule has 0 saturated heterocycles. The number of imidazole rings is 1. The van der Waals surface area contributed by atoms with E-state index in [1.165, 1.54) is 0 Å². The van der Waals surface area contributed by atoms with Gasteiger partial charge in [-0.25, -0.2) is 9.97 Å². The number of rotatable bonds is 6. The Morgan fingerprint density at radius 1 is 1.43 bits per heavy atom. The quantitative estimate of drug-likeness (QED) is 0.639. The molecule has 4 rings (SSSR count). The minimum atomic E-state index is -0.198. The number of carbonyl (C=O) groups is 1. The average molecular weight is 380 g/mol. The highest BCUT2D eigenvalue weighted by atomic mass is 16.5. The Morgan fingerprint density at radius 2 is 2.25 bits per heavy atom. The fourth-order valence-corrected chi connectivity index (χ4v) is 4.19. The van der Waals surface area contributed by atoms with E-state index in [1.807, 2.05) is 12.3 Å². The second-order valence-electron chi connectivity index (χ2n) is 7.32. The predicted molar refractivity (Wildman–Crippen MR) is 105 cm³/mol. The SMILES string of the molecule is COCCNC(=O)c1nc2cnc3[nH]ccc3c2n1[C@H]1CC[C@H](CC#N)CC1. The van der Waals surface area contributed by atoms with Crippen LogP contribution in [-0.2, 0) is 4.74 Å². The molecular weight excluding hydrogens is 356 g/mol. The van der Waals surface area contributed by atoms with E-state index in [0.717, 1.165) is 47.8 Å². The molecule has 0 atom stereocenters. The number of H-pyrrole nitrogens is 1. The molecule has 2 N–H and O–H groups in total. The monoisotopic (exact) mass is 380 g/mol. The van der Waals surface area contributed by atoms with Gasteiger partial charge in [-0.1, -0.05) is 0 Å². The lowest BCUT2D eigenvalue weighted by Crippen LogP contribution is -2.31. The number of pyridine rings is 1. The zero-order valence-corrected chi connectivity index (χ0v) is 15.9. The molecule has 28 heavy (non-hydrogen) atoms. The van der Waals surface area contributed by atoms with E-state index >= 15 is 0 Å². The van der Waals surface area contributed by atoms with Crippen LogP contribution in [0.15, 0.2) is 18.5 Å². The zero-order chi connectivity index (χ0) is 19.5. The van der Waals surface area contributed by atoms with Crippen molar-refractivity contribution >= 4 is 28.0 Å². The van der Waals surface area contributed by atoms with Gasteiger partial charge < -0.3 is 19.6 Å². The zero-order valence-electron chi connectivity index (χ0n) is 15.9. The molecule has 0 bridgehead atoms. The van der Waals surface area contributed by atoms with Crippen LogP contribution < -0.4 is 5.32 Å². The smallest absolute Gasteiger partial charge is 0.287 e. The summed E-state index contributed by atoms with van der Waals surface area (Å²) in [6.45, 7) is 0.889. The molecule has 8 nitrogen and oxygen atoms in total. The number of amides is 1. The van der Waals surface area contributed by atoms with Gasteiger partial charge in [0.05, 0.1) is 24.4 Å². The lowest BCUT2D eigenvalue weighted by Gasteiger charge is -2.29. The molecule has 0 aliphatic heterocycles. The number of fused-ring (bicyclic) bond motifs is 3. The molecular formula is C20H24N6O2. The second kappa shape index (κ2) is 7.98. The van der Waals surface area contributed by atoms with Crippen LogP contribution in [0.4, 0.5) is 0 Å². The van der Waals surface area contributed by atoms with Crippen LogP contribution in [0.25, 0.3) is 22.1 Å². The minimum absolute atomic E-state index is 0.184. The van der Waals surface area contributed by atoms with E-state index < -0.39 is 0 Å². The van der Waals surface area contributed by atoms with E-state index in [1.54, 1.807) is 13.3 Å². The maximum Gasteiger partial charge on any atom is 0.287 e. The summed E-state index contributed by atoms with van der Waals surface area (Å²) in [6.07, 6.45) is 8.03. The van der Waals surface area contributed by atoms with E-state index in [-0.39, 0.29) is 11.9 Å². The number of hydrogen-bond acceptors (Lipinski definition) is 5. The van der Waals surface area contributed by atoms with Gasteiger partial charge >= 0.3 is 0 Å². The van der Waals surface area contributed by atoms with Crippen molar-refractivity contribution in [3.63, 3.8) is 0 Å². The third-order valence-electron chi connectivity index (χ3n) is 5.59. The summed E-state index contributed by atoms with van der Waals surface area (Å²) in [5, 5.41) is 12.9. The molecule has 1 aliphatic rings. The van der Waals surface area contributed by atoms with Gasteiger partial charge in [-0.05, 0) is 37.7 Å². The molecule has 3 heterocycles. The van der Waals surface area contributed by atoms with Crippen LogP contribution >= 0.6 is 0 Å². The topological polar surface area (TPSA) is 109 Å². The van der Waals surface area contributed by atoms with Crippen LogP contribution in [0.3, 0.4) is 0 Å². The van der Waals surface area contributed by atoms with Crippen LogP contribution in [-0.4, -0.2) is 45.7 Å². The molecule has 0 unspecified atom stereocenters. The molecule has 0 spiro atoms. The number of aromatic amines is 1. The number of nitrogens with one attached hydrogen (secondary N) is 2. The summed E-state index contributed by atoms with van der Waals surface area (Å²) < 4.78 is 7.13. The highest BCUT2D eigenvalue weighted by molar-refractivity contribution is 6.04. The first-order valence-electron chi connectivity index (χ1n) is 9.71. The molecule has 8 heteroatoms. The summed E-state index contributed by atoms with van der Waals surface area (Å²) >= 11 is 0. The van der Waals surface area contributed by atoms with Crippen molar-refractivity contribution in [3.05, 3.63) is 24.3 Å². The highest BCUT2D eigenvalue weighted by Gasteiger charge is 2.29. The van der Waals surface area contributed by atoms with Crippen LogP contribution in [0.1, 0.15) is 48.8 Å². The highest BCUT2D eigenvalue weighted by Crippen LogP contribution is 2.37. The van der Waals surface area contributed by atoms with E-state index in [9.17, 15) is 4.79 Å². The summed E-state index contributed by atoms with van der Waals surface area (Å²) in [4.78, 5) is 25.1. The molecule has 146 valence electrons. The fourth-order valence-electron chi connectivity index (χ4n) is 4.19. The minimum Gasteiger partial charge on any atom is -0.383 e. The number of aromatic nitrogens is 4. The second-order valence-corrected chi connectivity index (χ2v) is 7.32. The first-order chi connectivity index (χ1) is 13.7. The van der Waals surface area contributed by atoms with Crippen molar-refractivity contribution < 1.29 is 9.53 Å². The average Bonchev–Trinajstić information content (AvgIpc) is 3.33. The van der Waals surface area contributed by atoms with Crippen molar-refractivity contribution in [2.75, 3.05) is 20.3 Å². The van der Waals surface area contributed by atoms with Gasteiger partial charge in [0.15, 0.2) is 5.82 Å². The summed E-state index contributed by atoms with van der Waals surface area (Å²) in [6, 6.07) is 4.45. The fraction of sp³-hybridized carbons (Fsp3) is 0.500. The maximum absolute atomic E-state index is 12.9. The van der Waals surface area contributed by atoms with Gasteiger partial charge in [0.1, 0.15) is 11.2 Å². The van der Waals surface area contributed by atoms with E-state index in [4.69, 9.17) is 10.00 Å². The van der Waals surface area contributed by atoms with Crippen molar-refractivity contribution in [2.24, 2.45) is 5.92 Å². The van der Waals surface area contributed by atoms with Crippen LogP contribution in [0, 0.1) is 17.2 Å². The Labute approximate surface area is 162 Å². The Kier molecular flexibility index (Phi) is 5.26. The van der Waals surface area contributed by atoms with Gasteiger partial charge in [0.2, 0.25) is 0 Å². The van der Waals surface area contributed by atoms with Gasteiger partial charge in [-0.15, -0.1) is 0 Å². The third kappa shape index (κ3) is 3.34. The number of methoxy groups -OCH3 is 1. The van der Waals surface area contributed by atoms with Gasteiger partial charge in [-0.2, -0.15) is 5.26 Å². The third-order valence-corrected chi connectivity index (χ3v) is 5.59. The van der Waals surface area contributed by atoms with Crippen molar-refractivity contribution in [1.29, 1.82) is 5.26 Å². The summed E-state index contributed by atoms with van der Waals surface area (Å²) in [7, 11) is 1.61. The molecule has 1 saturated carbocycles. The number of nitriles is 1. The van der Waals surface area contributed by atoms with Crippen molar-refractivity contribution in [3.8, 4) is 6.07 Å². The molecule has 0 radical (unpaired) electrons. The van der Waals surface area contributed by atoms with Crippen LogP contribution in [0.5, 0.6) is 0 Å². The summed E-state index contributed by atoms with van der Waals surface area (Å²) in [5.74, 6) is 0.672. The molecule has 1 aliphatic carbocycles. The molecule has 3 aromatic rings. The van der Waals surface area contributed by atoms with E-state index in [2.05, 4.69) is 30.9 Å². The molecule has 3 aromatic heterocycles. The van der Waals surface area contributed by atoms with Gasteiger partial charge in [0, 0.05) is 37.7 Å². The van der Waals surface area contributed by atoms with Crippen molar-refractivity contribution in [1.82, 2.24) is 24.8 Å². The standard InChI is InChI=1S/C20H24N6O2/c1-28-11-10-23-20(27)19-25-16-12-24-18-15(7-9-22-18)17(16)26(19)14-4-2-13(3-5-14)6-8-21/h7,9,12-14H,2-6,10-11H2,1H3,(H,22,24)(H,23,27)/t13-,14-. The van der Waals surface area contributed by atoms with E-state index in [0.29, 0.717) is 31.3 Å². The molecule has 1 amide bonds. The van der Waals surface area contributed by atoms with Gasteiger partial charge in [-0.3, -0.25) is 4.79 Å². The molecule has 1 fully saturated rings. The number of hydrogen-bond donors (Lipinski definition) is 2. The number of ether oxygens (including phenoxy) is 1. The maximum atomic E-state index is 12.9. The van der Waals surface area contributed by atoms with Crippen molar-refractivity contribution in [2.45, 2.75) is 38.1 Å².